The van der Waals surface area contributed by atoms with Crippen molar-refractivity contribution in [2.75, 3.05) is 12.3 Å². The molecule has 0 fully saturated rings. The topological polar surface area (TPSA) is 49.4 Å². The fraction of sp³-hybridized carbons (Fsp3) is 0.364. The highest BCUT2D eigenvalue weighted by atomic mass is 35.5. The zero-order valence-corrected chi connectivity index (χ0v) is 18.2. The second-order valence-electron chi connectivity index (χ2n) is 6.68. The summed E-state index contributed by atoms with van der Waals surface area (Å²) < 4.78 is 14.2. The summed E-state index contributed by atoms with van der Waals surface area (Å²) in [6, 6.07) is 12.8. The van der Waals surface area contributed by atoms with Crippen LogP contribution in [0.15, 0.2) is 53.4 Å². The predicted octanol–water partition coefficient (Wildman–Crippen LogP) is 4.90. The second-order valence-corrected chi connectivity index (χ2v) is 8.16. The molecular formula is C22H26ClFN2O2S. The Kier molecular flexibility index (Phi) is 9.48. The Morgan fingerprint density at radius 2 is 1.86 bits per heavy atom. The number of hydrogen-bond donors (Lipinski definition) is 1. The van der Waals surface area contributed by atoms with Crippen LogP contribution in [0.4, 0.5) is 4.39 Å². The van der Waals surface area contributed by atoms with Crippen molar-refractivity contribution in [1.82, 2.24) is 10.2 Å². The van der Waals surface area contributed by atoms with Crippen LogP contribution < -0.4 is 5.32 Å². The summed E-state index contributed by atoms with van der Waals surface area (Å²) in [5, 5.41) is 3.48. The third kappa shape index (κ3) is 7.37. The first-order valence-corrected chi connectivity index (χ1v) is 11.0. The molecule has 2 aromatic rings. The van der Waals surface area contributed by atoms with Gasteiger partial charge in [-0.15, -0.1) is 11.8 Å². The van der Waals surface area contributed by atoms with Gasteiger partial charge in [-0.05, 0) is 43.7 Å². The summed E-state index contributed by atoms with van der Waals surface area (Å²) in [4.78, 5) is 27.8. The van der Waals surface area contributed by atoms with Crippen LogP contribution in [0.25, 0.3) is 0 Å². The van der Waals surface area contributed by atoms with Gasteiger partial charge in [0.05, 0.1) is 5.75 Å². The molecule has 0 aliphatic heterocycles. The van der Waals surface area contributed by atoms with E-state index in [0.29, 0.717) is 17.1 Å². The molecule has 0 bridgehead atoms. The van der Waals surface area contributed by atoms with E-state index in [0.717, 1.165) is 17.7 Å². The van der Waals surface area contributed by atoms with Gasteiger partial charge in [-0.3, -0.25) is 9.59 Å². The first kappa shape index (κ1) is 23.2. The van der Waals surface area contributed by atoms with Crippen LogP contribution in [0.5, 0.6) is 0 Å². The first-order chi connectivity index (χ1) is 13.9. The van der Waals surface area contributed by atoms with Crippen molar-refractivity contribution in [3.63, 3.8) is 0 Å². The fourth-order valence-corrected chi connectivity index (χ4v) is 3.60. The minimum atomic E-state index is -0.704. The van der Waals surface area contributed by atoms with Gasteiger partial charge in [0, 0.05) is 28.6 Å². The second kappa shape index (κ2) is 11.8. The van der Waals surface area contributed by atoms with Gasteiger partial charge in [0.1, 0.15) is 11.9 Å². The van der Waals surface area contributed by atoms with Crippen molar-refractivity contribution >= 4 is 35.2 Å². The highest BCUT2D eigenvalue weighted by molar-refractivity contribution is 8.00. The summed E-state index contributed by atoms with van der Waals surface area (Å²) in [7, 11) is 0. The summed E-state index contributed by atoms with van der Waals surface area (Å²) in [5.74, 6) is -0.719. The highest BCUT2D eigenvalue weighted by Gasteiger charge is 2.26. The molecule has 2 rings (SSSR count). The molecule has 0 spiro atoms. The van der Waals surface area contributed by atoms with E-state index in [9.17, 15) is 14.0 Å². The SMILES string of the molecule is CCCCNC(=O)C(C)N(Cc1ccccc1F)C(=O)CSc1ccc(Cl)cc1. The maximum atomic E-state index is 14.2. The molecule has 2 aromatic carbocycles. The number of carbonyl (C=O) groups is 2. The van der Waals surface area contributed by atoms with E-state index >= 15 is 0 Å². The third-order valence-electron chi connectivity index (χ3n) is 4.47. The van der Waals surface area contributed by atoms with Gasteiger partial charge < -0.3 is 10.2 Å². The largest absolute Gasteiger partial charge is 0.354 e. The average molecular weight is 437 g/mol. The van der Waals surface area contributed by atoms with Gasteiger partial charge in [0.25, 0.3) is 0 Å². The standard InChI is InChI=1S/C22H26ClFN2O2S/c1-3-4-13-25-22(28)16(2)26(14-17-7-5-6-8-20(17)24)21(27)15-29-19-11-9-18(23)10-12-19/h5-12,16H,3-4,13-15H2,1-2H3,(H,25,28). The molecule has 0 aliphatic carbocycles. The molecule has 29 heavy (non-hydrogen) atoms. The maximum absolute atomic E-state index is 14.2. The first-order valence-electron chi connectivity index (χ1n) is 9.61. The number of rotatable bonds is 10. The smallest absolute Gasteiger partial charge is 0.242 e. The lowest BCUT2D eigenvalue weighted by Crippen LogP contribution is -2.48. The Morgan fingerprint density at radius 3 is 2.52 bits per heavy atom. The van der Waals surface area contributed by atoms with E-state index in [2.05, 4.69) is 5.32 Å². The van der Waals surface area contributed by atoms with Gasteiger partial charge in [-0.2, -0.15) is 0 Å². The minimum Gasteiger partial charge on any atom is -0.354 e. The van der Waals surface area contributed by atoms with Gasteiger partial charge in [-0.25, -0.2) is 4.39 Å². The summed E-state index contributed by atoms with van der Waals surface area (Å²) in [6.07, 6.45) is 1.83. The molecule has 1 N–H and O–H groups in total. The van der Waals surface area contributed by atoms with Crippen LogP contribution in [-0.4, -0.2) is 35.1 Å². The monoisotopic (exact) mass is 436 g/mol. The minimum absolute atomic E-state index is 0.0368. The Hall–Kier alpha value is -2.05. The van der Waals surface area contributed by atoms with E-state index in [4.69, 9.17) is 11.6 Å². The molecule has 2 amide bonds. The molecular weight excluding hydrogens is 411 g/mol. The molecule has 0 aliphatic rings. The Morgan fingerprint density at radius 1 is 1.17 bits per heavy atom. The number of halogens is 2. The summed E-state index contributed by atoms with van der Waals surface area (Å²) in [6.45, 7) is 4.31. The number of amides is 2. The van der Waals surface area contributed by atoms with Crippen LogP contribution in [0.2, 0.25) is 5.02 Å². The van der Waals surface area contributed by atoms with Crippen molar-refractivity contribution in [3.8, 4) is 0 Å². The summed E-state index contributed by atoms with van der Waals surface area (Å²) in [5.41, 5.74) is 0.380. The lowest BCUT2D eigenvalue weighted by atomic mass is 10.1. The van der Waals surface area contributed by atoms with Crippen molar-refractivity contribution in [1.29, 1.82) is 0 Å². The zero-order valence-electron chi connectivity index (χ0n) is 16.7. The van der Waals surface area contributed by atoms with E-state index in [1.54, 1.807) is 37.3 Å². The van der Waals surface area contributed by atoms with Gasteiger partial charge >= 0.3 is 0 Å². The molecule has 156 valence electrons. The van der Waals surface area contributed by atoms with E-state index in [1.165, 1.54) is 22.7 Å². The molecule has 0 saturated heterocycles. The Labute approximate surface area is 180 Å². The third-order valence-corrected chi connectivity index (χ3v) is 5.72. The molecule has 1 atom stereocenters. The average Bonchev–Trinajstić information content (AvgIpc) is 2.72. The molecule has 4 nitrogen and oxygen atoms in total. The van der Waals surface area contributed by atoms with Gasteiger partial charge in [0.2, 0.25) is 11.8 Å². The van der Waals surface area contributed by atoms with Crippen molar-refractivity contribution in [3.05, 3.63) is 64.9 Å². The zero-order chi connectivity index (χ0) is 21.2. The molecule has 1 unspecified atom stereocenters. The number of unbranched alkanes of at least 4 members (excludes halogenated alkanes) is 1. The van der Waals surface area contributed by atoms with Gasteiger partial charge in [-0.1, -0.05) is 43.1 Å². The van der Waals surface area contributed by atoms with Crippen LogP contribution in [-0.2, 0) is 16.1 Å². The van der Waals surface area contributed by atoms with Crippen LogP contribution in [0, 0.1) is 5.82 Å². The molecule has 7 heteroatoms. The van der Waals surface area contributed by atoms with Crippen molar-refractivity contribution < 1.29 is 14.0 Å². The number of hydrogen-bond acceptors (Lipinski definition) is 3. The Balaban J connectivity index is 2.11. The van der Waals surface area contributed by atoms with Crippen molar-refractivity contribution in [2.24, 2.45) is 0 Å². The predicted molar refractivity (Wildman–Crippen MR) is 117 cm³/mol. The normalized spacial score (nSPS) is 11.7. The van der Waals surface area contributed by atoms with E-state index in [-0.39, 0.29) is 24.1 Å². The lowest BCUT2D eigenvalue weighted by molar-refractivity contribution is -0.138. The highest BCUT2D eigenvalue weighted by Crippen LogP contribution is 2.22. The Bertz CT molecular complexity index is 817. The lowest BCUT2D eigenvalue weighted by Gasteiger charge is -2.29. The van der Waals surface area contributed by atoms with E-state index < -0.39 is 11.9 Å². The van der Waals surface area contributed by atoms with Crippen LogP contribution in [0.3, 0.4) is 0 Å². The van der Waals surface area contributed by atoms with E-state index in [1.807, 2.05) is 19.1 Å². The number of benzene rings is 2. The number of carbonyl (C=O) groups excluding carboxylic acids is 2. The molecule has 0 heterocycles. The van der Waals surface area contributed by atoms with Gasteiger partial charge in [0.15, 0.2) is 0 Å². The maximum Gasteiger partial charge on any atom is 0.242 e. The van der Waals surface area contributed by atoms with Crippen molar-refractivity contribution in [2.45, 2.75) is 44.2 Å². The van der Waals surface area contributed by atoms with Crippen LogP contribution in [0.1, 0.15) is 32.3 Å². The summed E-state index contributed by atoms with van der Waals surface area (Å²) >= 11 is 7.25. The molecule has 0 aromatic heterocycles. The molecule has 0 radical (unpaired) electrons. The van der Waals surface area contributed by atoms with Crippen LogP contribution >= 0.6 is 23.4 Å². The molecule has 0 saturated carbocycles. The quantitative estimate of drug-likeness (QED) is 0.425. The number of thioether (sulfide) groups is 1. The number of nitrogens with zero attached hydrogens (tertiary/aromatic N) is 1. The number of nitrogens with one attached hydrogen (secondary N) is 1. The fourth-order valence-electron chi connectivity index (χ4n) is 2.69.